The van der Waals surface area contributed by atoms with Gasteiger partial charge in [-0.3, -0.25) is 9.89 Å². The predicted molar refractivity (Wildman–Crippen MR) is 106 cm³/mol. The number of nitrogens with one attached hydrogen (secondary N) is 2. The van der Waals surface area contributed by atoms with Crippen LogP contribution in [0.4, 0.5) is 0 Å². The summed E-state index contributed by atoms with van der Waals surface area (Å²) in [6.45, 7) is 11.1. The fraction of sp³-hybridized carbons (Fsp3) is 0.650. The second-order valence-electron chi connectivity index (χ2n) is 6.64. The van der Waals surface area contributed by atoms with Gasteiger partial charge in [0.05, 0.1) is 12.7 Å². The van der Waals surface area contributed by atoms with Crippen LogP contribution in [0.3, 0.4) is 0 Å². The standard InChI is InChI=1S/C20H34N4O2/c1-4-25-11-6-9-22-20(21-3)23-14-18-7-5-8-19(13-18)16-24-10-12-26-17(2)15-24/h5,7-8,13,17H,4,6,9-12,14-16H2,1-3H3,(H2,21,22,23). The summed E-state index contributed by atoms with van der Waals surface area (Å²) in [5.41, 5.74) is 2.61. The molecule has 1 aliphatic rings. The van der Waals surface area contributed by atoms with E-state index in [2.05, 4.69) is 51.7 Å². The number of hydrogen-bond donors (Lipinski definition) is 2. The Labute approximate surface area is 158 Å². The first kappa shape index (κ1) is 20.7. The molecular formula is C20H34N4O2. The summed E-state index contributed by atoms with van der Waals surface area (Å²) in [5, 5.41) is 6.70. The molecule has 0 amide bonds. The molecule has 0 aromatic heterocycles. The quantitative estimate of drug-likeness (QED) is 0.400. The molecule has 6 nitrogen and oxygen atoms in total. The molecule has 1 fully saturated rings. The Morgan fingerprint density at radius 3 is 2.96 bits per heavy atom. The number of aliphatic imine (C=N–C) groups is 1. The Bertz CT molecular complexity index is 550. The van der Waals surface area contributed by atoms with E-state index < -0.39 is 0 Å². The monoisotopic (exact) mass is 362 g/mol. The molecule has 1 heterocycles. The second-order valence-corrected chi connectivity index (χ2v) is 6.64. The highest BCUT2D eigenvalue weighted by Gasteiger charge is 2.16. The molecule has 1 aromatic rings. The first-order valence-electron chi connectivity index (χ1n) is 9.65. The van der Waals surface area contributed by atoms with Crippen LogP contribution in [0.15, 0.2) is 29.3 Å². The average Bonchev–Trinajstić information content (AvgIpc) is 2.64. The first-order chi connectivity index (χ1) is 12.7. The van der Waals surface area contributed by atoms with Crippen molar-refractivity contribution in [3.8, 4) is 0 Å². The number of rotatable bonds is 9. The van der Waals surface area contributed by atoms with Gasteiger partial charge in [0.15, 0.2) is 5.96 Å². The lowest BCUT2D eigenvalue weighted by atomic mass is 10.1. The molecule has 1 saturated heterocycles. The largest absolute Gasteiger partial charge is 0.382 e. The van der Waals surface area contributed by atoms with E-state index in [4.69, 9.17) is 9.47 Å². The predicted octanol–water partition coefficient (Wildman–Crippen LogP) is 2.00. The van der Waals surface area contributed by atoms with Crippen LogP contribution in [0.25, 0.3) is 0 Å². The van der Waals surface area contributed by atoms with E-state index in [1.807, 2.05) is 6.92 Å². The lowest BCUT2D eigenvalue weighted by Gasteiger charge is -2.31. The van der Waals surface area contributed by atoms with Crippen LogP contribution in [-0.4, -0.2) is 63.5 Å². The molecule has 0 saturated carbocycles. The summed E-state index contributed by atoms with van der Waals surface area (Å²) in [7, 11) is 1.80. The van der Waals surface area contributed by atoms with Gasteiger partial charge in [0.1, 0.15) is 0 Å². The number of nitrogens with zero attached hydrogens (tertiary/aromatic N) is 2. The van der Waals surface area contributed by atoms with Crippen molar-refractivity contribution in [2.75, 3.05) is 46.5 Å². The van der Waals surface area contributed by atoms with Gasteiger partial charge in [-0.2, -0.15) is 0 Å². The molecular weight excluding hydrogens is 328 g/mol. The molecule has 6 heteroatoms. The van der Waals surface area contributed by atoms with Gasteiger partial charge in [0, 0.05) is 53.0 Å². The van der Waals surface area contributed by atoms with E-state index in [0.29, 0.717) is 6.10 Å². The summed E-state index contributed by atoms with van der Waals surface area (Å²) in [6, 6.07) is 8.76. The van der Waals surface area contributed by atoms with Crippen molar-refractivity contribution in [1.29, 1.82) is 0 Å². The third-order valence-corrected chi connectivity index (χ3v) is 4.37. The smallest absolute Gasteiger partial charge is 0.191 e. The van der Waals surface area contributed by atoms with Crippen molar-refractivity contribution in [1.82, 2.24) is 15.5 Å². The maximum Gasteiger partial charge on any atom is 0.191 e. The minimum atomic E-state index is 0.325. The van der Waals surface area contributed by atoms with Crippen molar-refractivity contribution in [3.63, 3.8) is 0 Å². The highest BCUT2D eigenvalue weighted by molar-refractivity contribution is 5.79. The highest BCUT2D eigenvalue weighted by atomic mass is 16.5. The van der Waals surface area contributed by atoms with Crippen LogP contribution in [0, 0.1) is 0 Å². The van der Waals surface area contributed by atoms with Gasteiger partial charge >= 0.3 is 0 Å². The molecule has 1 aliphatic heterocycles. The zero-order valence-corrected chi connectivity index (χ0v) is 16.5. The molecule has 1 aromatic carbocycles. The minimum absolute atomic E-state index is 0.325. The van der Waals surface area contributed by atoms with Crippen molar-refractivity contribution in [3.05, 3.63) is 35.4 Å². The van der Waals surface area contributed by atoms with Gasteiger partial charge in [0.25, 0.3) is 0 Å². The SMILES string of the molecule is CCOCCCNC(=NC)NCc1cccc(CN2CCOC(C)C2)c1. The van der Waals surface area contributed by atoms with E-state index >= 15 is 0 Å². The van der Waals surface area contributed by atoms with Gasteiger partial charge in [-0.15, -0.1) is 0 Å². The summed E-state index contributed by atoms with van der Waals surface area (Å²) < 4.78 is 11.0. The van der Waals surface area contributed by atoms with E-state index in [0.717, 1.165) is 64.9 Å². The summed E-state index contributed by atoms with van der Waals surface area (Å²) >= 11 is 0. The number of ether oxygens (including phenoxy) is 2. The van der Waals surface area contributed by atoms with Crippen molar-refractivity contribution in [2.45, 2.75) is 39.5 Å². The number of guanidine groups is 1. The number of morpholine rings is 1. The van der Waals surface area contributed by atoms with Gasteiger partial charge in [-0.25, -0.2) is 0 Å². The van der Waals surface area contributed by atoms with Gasteiger partial charge in [-0.1, -0.05) is 24.3 Å². The van der Waals surface area contributed by atoms with E-state index in [-0.39, 0.29) is 0 Å². The maximum atomic E-state index is 5.62. The fourth-order valence-electron chi connectivity index (χ4n) is 3.06. The van der Waals surface area contributed by atoms with Gasteiger partial charge < -0.3 is 20.1 Å². The minimum Gasteiger partial charge on any atom is -0.382 e. The topological polar surface area (TPSA) is 58.1 Å². The van der Waals surface area contributed by atoms with Crippen molar-refractivity contribution >= 4 is 5.96 Å². The number of benzene rings is 1. The average molecular weight is 363 g/mol. The third kappa shape index (κ3) is 7.72. The molecule has 1 unspecified atom stereocenters. The van der Waals surface area contributed by atoms with Gasteiger partial charge in [-0.05, 0) is 31.4 Å². The maximum absolute atomic E-state index is 5.62. The summed E-state index contributed by atoms with van der Waals surface area (Å²) in [6.07, 6.45) is 1.30. The molecule has 26 heavy (non-hydrogen) atoms. The zero-order chi connectivity index (χ0) is 18.6. The zero-order valence-electron chi connectivity index (χ0n) is 16.5. The molecule has 146 valence electrons. The van der Waals surface area contributed by atoms with Crippen LogP contribution in [0.5, 0.6) is 0 Å². The lowest BCUT2D eigenvalue weighted by Crippen LogP contribution is -2.40. The van der Waals surface area contributed by atoms with E-state index in [1.54, 1.807) is 7.05 Å². The second kappa shape index (κ2) is 11.9. The normalized spacial score (nSPS) is 18.7. The molecule has 1 atom stereocenters. The fourth-order valence-corrected chi connectivity index (χ4v) is 3.06. The van der Waals surface area contributed by atoms with Crippen molar-refractivity contribution in [2.24, 2.45) is 4.99 Å². The molecule has 0 spiro atoms. The molecule has 0 aliphatic carbocycles. The van der Waals surface area contributed by atoms with Crippen LogP contribution in [0.1, 0.15) is 31.4 Å². The van der Waals surface area contributed by atoms with E-state index in [1.165, 1.54) is 11.1 Å². The summed E-state index contributed by atoms with van der Waals surface area (Å²) in [5.74, 6) is 0.828. The Balaban J connectivity index is 1.76. The van der Waals surface area contributed by atoms with Gasteiger partial charge in [0.2, 0.25) is 0 Å². The molecule has 2 N–H and O–H groups in total. The van der Waals surface area contributed by atoms with Crippen LogP contribution >= 0.6 is 0 Å². The van der Waals surface area contributed by atoms with Crippen LogP contribution < -0.4 is 10.6 Å². The van der Waals surface area contributed by atoms with Crippen molar-refractivity contribution < 1.29 is 9.47 Å². The molecule has 0 bridgehead atoms. The Hall–Kier alpha value is -1.63. The Morgan fingerprint density at radius 2 is 2.19 bits per heavy atom. The van der Waals surface area contributed by atoms with E-state index in [9.17, 15) is 0 Å². The third-order valence-electron chi connectivity index (χ3n) is 4.37. The number of hydrogen-bond acceptors (Lipinski definition) is 4. The molecule has 2 rings (SSSR count). The Kier molecular flexibility index (Phi) is 9.45. The first-order valence-corrected chi connectivity index (χ1v) is 9.65. The summed E-state index contributed by atoms with van der Waals surface area (Å²) in [4.78, 5) is 6.73. The highest BCUT2D eigenvalue weighted by Crippen LogP contribution is 2.12. The van der Waals surface area contributed by atoms with Crippen LogP contribution in [-0.2, 0) is 22.6 Å². The van der Waals surface area contributed by atoms with Crippen LogP contribution in [0.2, 0.25) is 0 Å². The lowest BCUT2D eigenvalue weighted by molar-refractivity contribution is -0.0212. The Morgan fingerprint density at radius 1 is 1.35 bits per heavy atom. The molecule has 0 radical (unpaired) electrons.